The largest absolute Gasteiger partial charge is 0.417 e. The number of nitrogens with zero attached hydrogens (tertiary/aromatic N) is 2. The average molecular weight is 387 g/mol. The molecule has 1 N–H and O–H groups in total. The summed E-state index contributed by atoms with van der Waals surface area (Å²) in [5.41, 5.74) is -1.80. The molecule has 1 aromatic carbocycles. The summed E-state index contributed by atoms with van der Waals surface area (Å²) < 4.78 is 65.9. The Hall–Kier alpha value is -1.63. The molecular formula is C17H20F3N3O2S. The van der Waals surface area contributed by atoms with Crippen molar-refractivity contribution in [2.45, 2.75) is 42.8 Å². The van der Waals surface area contributed by atoms with Crippen LogP contribution in [0.5, 0.6) is 0 Å². The van der Waals surface area contributed by atoms with Gasteiger partial charge in [-0.3, -0.25) is 0 Å². The van der Waals surface area contributed by atoms with Gasteiger partial charge in [-0.25, -0.2) is 8.42 Å². The Morgan fingerprint density at radius 2 is 1.85 bits per heavy atom. The Morgan fingerprint density at radius 3 is 2.38 bits per heavy atom. The number of nitrogens with one attached hydrogen (secondary N) is 1. The fourth-order valence-corrected chi connectivity index (χ4v) is 4.62. The molecule has 1 saturated carbocycles. The highest BCUT2D eigenvalue weighted by molar-refractivity contribution is 7.89. The molecule has 1 aliphatic carbocycles. The SMILES string of the molecule is N#Cc1ccc(S(=O)(=O)N2CCC(NCC3CC3)CC2)cc1C(F)(F)F. The van der Waals surface area contributed by atoms with E-state index in [1.54, 1.807) is 0 Å². The zero-order chi connectivity index (χ0) is 18.9. The molecule has 3 rings (SSSR count). The van der Waals surface area contributed by atoms with Crippen LogP contribution >= 0.6 is 0 Å². The second kappa shape index (κ2) is 7.18. The normalized spacial score (nSPS) is 20.1. The second-order valence-corrected chi connectivity index (χ2v) is 8.78. The van der Waals surface area contributed by atoms with Gasteiger partial charge in [-0.05, 0) is 56.3 Å². The van der Waals surface area contributed by atoms with E-state index < -0.39 is 32.2 Å². The Kier molecular flexibility index (Phi) is 5.28. The summed E-state index contributed by atoms with van der Waals surface area (Å²) >= 11 is 0. The van der Waals surface area contributed by atoms with E-state index in [0.29, 0.717) is 18.9 Å². The van der Waals surface area contributed by atoms with E-state index >= 15 is 0 Å². The predicted octanol–water partition coefficient (Wildman–Crippen LogP) is 2.73. The van der Waals surface area contributed by atoms with Crippen molar-refractivity contribution in [2.24, 2.45) is 5.92 Å². The van der Waals surface area contributed by atoms with Gasteiger partial charge in [0.2, 0.25) is 10.0 Å². The third-order valence-electron chi connectivity index (χ3n) is 4.90. The third-order valence-corrected chi connectivity index (χ3v) is 6.80. The first-order valence-corrected chi connectivity index (χ1v) is 10.0. The van der Waals surface area contributed by atoms with E-state index in [1.165, 1.54) is 23.2 Å². The minimum absolute atomic E-state index is 0.244. The minimum atomic E-state index is -4.78. The molecular weight excluding hydrogens is 367 g/mol. The molecule has 26 heavy (non-hydrogen) atoms. The van der Waals surface area contributed by atoms with Crippen molar-refractivity contribution in [1.29, 1.82) is 5.26 Å². The smallest absolute Gasteiger partial charge is 0.314 e. The van der Waals surface area contributed by atoms with Crippen molar-refractivity contribution >= 4 is 10.0 Å². The first-order valence-electron chi connectivity index (χ1n) is 8.56. The number of hydrogen-bond donors (Lipinski definition) is 1. The van der Waals surface area contributed by atoms with Crippen molar-refractivity contribution in [3.63, 3.8) is 0 Å². The molecule has 2 fully saturated rings. The van der Waals surface area contributed by atoms with Gasteiger partial charge in [-0.15, -0.1) is 0 Å². The van der Waals surface area contributed by atoms with Gasteiger partial charge in [0.05, 0.1) is 22.1 Å². The van der Waals surface area contributed by atoms with Crippen LogP contribution in [0.25, 0.3) is 0 Å². The highest BCUT2D eigenvalue weighted by Crippen LogP contribution is 2.34. The van der Waals surface area contributed by atoms with Gasteiger partial charge in [0.15, 0.2) is 0 Å². The van der Waals surface area contributed by atoms with Crippen LogP contribution in [0.15, 0.2) is 23.1 Å². The average Bonchev–Trinajstić information content (AvgIpc) is 3.43. The standard InChI is InChI=1S/C17H20F3N3O2S/c18-17(19,20)16-9-15(4-3-13(16)10-21)26(24,25)23-7-5-14(6-8-23)22-11-12-1-2-12/h3-4,9,12,14,22H,1-2,5-8,11H2. The lowest BCUT2D eigenvalue weighted by molar-refractivity contribution is -0.137. The Balaban J connectivity index is 1.73. The summed E-state index contributed by atoms with van der Waals surface area (Å²) in [5, 5.41) is 12.3. The molecule has 0 radical (unpaired) electrons. The van der Waals surface area contributed by atoms with E-state index in [1.807, 2.05) is 0 Å². The fourth-order valence-electron chi connectivity index (χ4n) is 3.12. The van der Waals surface area contributed by atoms with E-state index in [2.05, 4.69) is 5.32 Å². The molecule has 0 aromatic heterocycles. The van der Waals surface area contributed by atoms with Gasteiger partial charge >= 0.3 is 6.18 Å². The van der Waals surface area contributed by atoms with E-state index in [-0.39, 0.29) is 19.1 Å². The number of rotatable bonds is 5. The second-order valence-electron chi connectivity index (χ2n) is 6.85. The van der Waals surface area contributed by atoms with Crippen molar-refractivity contribution in [3.05, 3.63) is 29.3 Å². The summed E-state index contributed by atoms with van der Waals surface area (Å²) in [6.45, 7) is 1.49. The number of piperidine rings is 1. The van der Waals surface area contributed by atoms with Crippen molar-refractivity contribution < 1.29 is 21.6 Å². The van der Waals surface area contributed by atoms with E-state index in [9.17, 15) is 21.6 Å². The zero-order valence-electron chi connectivity index (χ0n) is 14.1. The molecule has 1 heterocycles. The van der Waals surface area contributed by atoms with Crippen LogP contribution < -0.4 is 5.32 Å². The highest BCUT2D eigenvalue weighted by Gasteiger charge is 2.36. The monoisotopic (exact) mass is 387 g/mol. The first-order chi connectivity index (χ1) is 12.2. The van der Waals surface area contributed by atoms with Crippen LogP contribution in [0.4, 0.5) is 13.2 Å². The lowest BCUT2D eigenvalue weighted by Crippen LogP contribution is -2.45. The molecule has 0 spiro atoms. The van der Waals surface area contributed by atoms with Gasteiger partial charge < -0.3 is 5.32 Å². The number of alkyl halides is 3. The summed E-state index contributed by atoms with van der Waals surface area (Å²) in [5.74, 6) is 0.733. The lowest BCUT2D eigenvalue weighted by atomic mass is 10.1. The van der Waals surface area contributed by atoms with Crippen molar-refractivity contribution in [1.82, 2.24) is 9.62 Å². The highest BCUT2D eigenvalue weighted by atomic mass is 32.2. The molecule has 0 amide bonds. The maximum Gasteiger partial charge on any atom is 0.417 e. The van der Waals surface area contributed by atoms with Crippen LogP contribution in [-0.4, -0.2) is 38.4 Å². The number of halogens is 3. The summed E-state index contributed by atoms with van der Waals surface area (Å²) in [4.78, 5) is -0.423. The summed E-state index contributed by atoms with van der Waals surface area (Å²) in [6, 6.07) is 4.25. The Morgan fingerprint density at radius 1 is 1.19 bits per heavy atom. The Bertz CT molecular complexity index is 806. The maximum atomic E-state index is 13.1. The molecule has 9 heteroatoms. The number of hydrogen-bond acceptors (Lipinski definition) is 4. The summed E-state index contributed by atoms with van der Waals surface area (Å²) in [6.07, 6.45) is -1.04. The van der Waals surface area contributed by atoms with Crippen molar-refractivity contribution in [2.75, 3.05) is 19.6 Å². The van der Waals surface area contributed by atoms with Crippen molar-refractivity contribution in [3.8, 4) is 6.07 Å². The molecule has 0 bridgehead atoms. The van der Waals surface area contributed by atoms with Gasteiger partial charge in [-0.2, -0.15) is 22.7 Å². The molecule has 5 nitrogen and oxygen atoms in total. The molecule has 1 saturated heterocycles. The van der Waals surface area contributed by atoms with Crippen LogP contribution in [0, 0.1) is 17.2 Å². The molecule has 0 atom stereocenters. The third kappa shape index (κ3) is 4.19. The molecule has 2 aliphatic rings. The van der Waals surface area contributed by atoms with E-state index in [0.717, 1.165) is 24.6 Å². The molecule has 1 aliphatic heterocycles. The van der Waals surface area contributed by atoms with E-state index in [4.69, 9.17) is 5.26 Å². The van der Waals surface area contributed by atoms with Gasteiger partial charge in [0, 0.05) is 19.1 Å². The first kappa shape index (κ1) is 19.1. The fraction of sp³-hybridized carbons (Fsp3) is 0.588. The van der Waals surface area contributed by atoms with Gasteiger partial charge in [0.25, 0.3) is 0 Å². The van der Waals surface area contributed by atoms with Crippen LogP contribution in [-0.2, 0) is 16.2 Å². The molecule has 142 valence electrons. The number of sulfonamides is 1. The zero-order valence-corrected chi connectivity index (χ0v) is 14.9. The van der Waals surface area contributed by atoms with Crippen LogP contribution in [0.3, 0.4) is 0 Å². The topological polar surface area (TPSA) is 73.2 Å². The van der Waals surface area contributed by atoms with Crippen LogP contribution in [0.1, 0.15) is 36.8 Å². The summed E-state index contributed by atoms with van der Waals surface area (Å²) in [7, 11) is -4.02. The number of benzene rings is 1. The lowest BCUT2D eigenvalue weighted by Gasteiger charge is -2.32. The quantitative estimate of drug-likeness (QED) is 0.843. The van der Waals surface area contributed by atoms with Crippen LogP contribution in [0.2, 0.25) is 0 Å². The maximum absolute atomic E-state index is 13.1. The molecule has 0 unspecified atom stereocenters. The molecule has 1 aromatic rings. The van der Waals surface area contributed by atoms with Gasteiger partial charge in [0.1, 0.15) is 0 Å². The predicted molar refractivity (Wildman–Crippen MR) is 88.7 cm³/mol. The number of nitriles is 1. The Labute approximate surface area is 150 Å². The minimum Gasteiger partial charge on any atom is -0.314 e. The van der Waals surface area contributed by atoms with Gasteiger partial charge in [-0.1, -0.05) is 0 Å².